The van der Waals surface area contributed by atoms with E-state index in [9.17, 15) is 13.2 Å². The molecule has 9 heteroatoms. The highest BCUT2D eigenvalue weighted by atomic mass is 35.5. The van der Waals surface area contributed by atoms with Crippen molar-refractivity contribution in [2.24, 2.45) is 0 Å². The molecule has 1 fully saturated rings. The van der Waals surface area contributed by atoms with Gasteiger partial charge in [-0.2, -0.15) is 0 Å². The average molecular weight is 470 g/mol. The summed E-state index contributed by atoms with van der Waals surface area (Å²) in [5, 5.41) is 2.71. The predicted molar refractivity (Wildman–Crippen MR) is 115 cm³/mol. The molecule has 0 aliphatic carbocycles. The van der Waals surface area contributed by atoms with Crippen LogP contribution in [0, 0.1) is 0 Å². The Morgan fingerprint density at radius 3 is 2.66 bits per heavy atom. The van der Waals surface area contributed by atoms with Gasteiger partial charge in [0.25, 0.3) is 5.91 Å². The molecule has 152 valence electrons. The fraction of sp³-hybridized carbons (Fsp3) is 0.250. The summed E-state index contributed by atoms with van der Waals surface area (Å²) >= 11 is 13.4. The second-order valence-corrected chi connectivity index (χ2v) is 10.9. The molecule has 1 saturated heterocycles. The second-order valence-electron chi connectivity index (χ2n) is 6.86. The number of furan rings is 1. The van der Waals surface area contributed by atoms with Gasteiger partial charge < -0.3 is 9.32 Å². The van der Waals surface area contributed by atoms with E-state index in [2.05, 4.69) is 0 Å². The first kappa shape index (κ1) is 20.5. The molecule has 1 unspecified atom stereocenters. The van der Waals surface area contributed by atoms with Gasteiger partial charge in [0.05, 0.1) is 33.0 Å². The molecule has 1 amide bonds. The van der Waals surface area contributed by atoms with Gasteiger partial charge in [-0.25, -0.2) is 8.42 Å². The number of hydrogen-bond donors (Lipinski definition) is 0. The molecular weight excluding hydrogens is 453 g/mol. The highest BCUT2D eigenvalue weighted by Crippen LogP contribution is 2.31. The van der Waals surface area contributed by atoms with E-state index >= 15 is 0 Å². The Morgan fingerprint density at radius 2 is 2.00 bits per heavy atom. The molecule has 0 radical (unpaired) electrons. The van der Waals surface area contributed by atoms with Crippen molar-refractivity contribution in [2.75, 3.05) is 11.5 Å². The van der Waals surface area contributed by atoms with Crippen LogP contribution in [0.3, 0.4) is 0 Å². The number of nitrogens with zero attached hydrogens (tertiary/aromatic N) is 1. The number of carbonyl (C=O) groups excluding carboxylic acids is 1. The zero-order valence-corrected chi connectivity index (χ0v) is 18.3. The molecule has 0 N–H and O–H groups in total. The third-order valence-corrected chi connectivity index (χ3v) is 8.18. The van der Waals surface area contributed by atoms with Crippen LogP contribution in [0.25, 0.3) is 11.3 Å². The van der Waals surface area contributed by atoms with Crippen LogP contribution < -0.4 is 0 Å². The number of amides is 1. The smallest absolute Gasteiger partial charge is 0.264 e. The summed E-state index contributed by atoms with van der Waals surface area (Å²) in [7, 11) is -3.13. The molecule has 0 spiro atoms. The summed E-state index contributed by atoms with van der Waals surface area (Å²) in [6.07, 6.45) is 0.430. The van der Waals surface area contributed by atoms with E-state index < -0.39 is 9.84 Å². The van der Waals surface area contributed by atoms with Crippen LogP contribution in [0.15, 0.2) is 52.3 Å². The van der Waals surface area contributed by atoms with Gasteiger partial charge in [-0.1, -0.05) is 29.3 Å². The Bertz CT molecular complexity index is 1140. The van der Waals surface area contributed by atoms with Crippen LogP contribution in [0.2, 0.25) is 10.0 Å². The summed E-state index contributed by atoms with van der Waals surface area (Å²) < 4.78 is 29.9. The van der Waals surface area contributed by atoms with Gasteiger partial charge >= 0.3 is 0 Å². The van der Waals surface area contributed by atoms with Gasteiger partial charge in [0.15, 0.2) is 9.84 Å². The quantitative estimate of drug-likeness (QED) is 0.518. The number of thiophene rings is 1. The van der Waals surface area contributed by atoms with Gasteiger partial charge in [0, 0.05) is 11.6 Å². The number of sulfone groups is 1. The molecule has 3 aromatic rings. The minimum absolute atomic E-state index is 0.0233. The SMILES string of the molecule is O=C(c1cccs1)N(Cc1ccc(-c2ccc(Cl)c(Cl)c2)o1)C1CCS(=O)(=O)C1. The number of hydrogen-bond acceptors (Lipinski definition) is 5. The molecule has 4 rings (SSSR count). The number of benzene rings is 1. The van der Waals surface area contributed by atoms with E-state index in [0.29, 0.717) is 32.9 Å². The molecular formula is C20H17Cl2NO4S2. The summed E-state index contributed by atoms with van der Waals surface area (Å²) in [4.78, 5) is 15.2. The van der Waals surface area contributed by atoms with Crippen molar-refractivity contribution < 1.29 is 17.6 Å². The zero-order valence-electron chi connectivity index (χ0n) is 15.2. The van der Waals surface area contributed by atoms with Gasteiger partial charge in [0.2, 0.25) is 0 Å². The average Bonchev–Trinajstić information content (AvgIpc) is 3.42. The van der Waals surface area contributed by atoms with E-state index in [1.54, 1.807) is 47.4 Å². The highest BCUT2D eigenvalue weighted by Gasteiger charge is 2.35. The van der Waals surface area contributed by atoms with Crippen molar-refractivity contribution in [1.29, 1.82) is 0 Å². The predicted octanol–water partition coefficient (Wildman–Crippen LogP) is 5.14. The van der Waals surface area contributed by atoms with Gasteiger partial charge in [-0.15, -0.1) is 11.3 Å². The lowest BCUT2D eigenvalue weighted by Gasteiger charge is -2.27. The Morgan fingerprint density at radius 1 is 1.17 bits per heavy atom. The van der Waals surface area contributed by atoms with E-state index in [-0.39, 0.29) is 30.0 Å². The zero-order chi connectivity index (χ0) is 20.6. The van der Waals surface area contributed by atoms with Gasteiger partial charge in [-0.05, 0) is 48.2 Å². The lowest BCUT2D eigenvalue weighted by Crippen LogP contribution is -2.40. The largest absolute Gasteiger partial charge is 0.459 e. The molecule has 1 aromatic carbocycles. The first-order valence-electron chi connectivity index (χ1n) is 8.91. The van der Waals surface area contributed by atoms with Crippen LogP contribution in [0.5, 0.6) is 0 Å². The van der Waals surface area contributed by atoms with Crippen LogP contribution in [-0.4, -0.2) is 36.8 Å². The standard InChI is InChI=1S/C20H17Cl2NO4S2/c21-16-5-3-13(10-17(16)22)18-6-4-15(27-18)11-23(14-7-9-29(25,26)12-14)20(24)19-2-1-8-28-19/h1-6,8,10,14H,7,9,11-12H2. The normalized spacial score (nSPS) is 18.1. The van der Waals surface area contributed by atoms with Crippen molar-refractivity contribution in [1.82, 2.24) is 4.90 Å². The van der Waals surface area contributed by atoms with E-state index in [1.807, 2.05) is 5.38 Å². The highest BCUT2D eigenvalue weighted by molar-refractivity contribution is 7.91. The summed E-state index contributed by atoms with van der Waals surface area (Å²) in [5.41, 5.74) is 0.769. The lowest BCUT2D eigenvalue weighted by atomic mass is 10.2. The fourth-order valence-electron chi connectivity index (χ4n) is 3.37. The van der Waals surface area contributed by atoms with Crippen LogP contribution in [-0.2, 0) is 16.4 Å². The molecule has 0 saturated carbocycles. The molecule has 1 atom stereocenters. The molecule has 5 nitrogen and oxygen atoms in total. The lowest BCUT2D eigenvalue weighted by molar-refractivity contribution is 0.0671. The summed E-state index contributed by atoms with van der Waals surface area (Å²) in [6.45, 7) is 0.193. The summed E-state index contributed by atoms with van der Waals surface area (Å²) in [5.74, 6) is 1.05. The second kappa shape index (κ2) is 8.14. The molecule has 1 aliphatic heterocycles. The fourth-order valence-corrected chi connectivity index (χ4v) is 6.07. The van der Waals surface area contributed by atoms with Crippen molar-refractivity contribution in [3.05, 3.63) is 68.5 Å². The first-order valence-corrected chi connectivity index (χ1v) is 12.4. The minimum Gasteiger partial charge on any atom is -0.459 e. The van der Waals surface area contributed by atoms with Crippen molar-refractivity contribution >= 4 is 50.3 Å². The molecule has 0 bridgehead atoms. The van der Waals surface area contributed by atoms with Crippen molar-refractivity contribution in [2.45, 2.75) is 19.0 Å². The van der Waals surface area contributed by atoms with E-state index in [1.165, 1.54) is 11.3 Å². The van der Waals surface area contributed by atoms with Crippen LogP contribution >= 0.6 is 34.5 Å². The third-order valence-electron chi connectivity index (χ3n) is 4.83. The first-order chi connectivity index (χ1) is 13.8. The maximum absolute atomic E-state index is 13.0. The van der Waals surface area contributed by atoms with E-state index in [0.717, 1.165) is 5.56 Å². The number of carbonyl (C=O) groups is 1. The minimum atomic E-state index is -3.13. The van der Waals surface area contributed by atoms with Gasteiger partial charge in [0.1, 0.15) is 11.5 Å². The molecule has 3 heterocycles. The Hall–Kier alpha value is -1.80. The van der Waals surface area contributed by atoms with Crippen LogP contribution in [0.4, 0.5) is 0 Å². The number of rotatable bonds is 5. The van der Waals surface area contributed by atoms with Gasteiger partial charge in [-0.3, -0.25) is 4.79 Å². The maximum atomic E-state index is 13.0. The Kier molecular flexibility index (Phi) is 5.75. The monoisotopic (exact) mass is 469 g/mol. The van der Waals surface area contributed by atoms with Crippen LogP contribution in [0.1, 0.15) is 21.9 Å². The maximum Gasteiger partial charge on any atom is 0.264 e. The summed E-state index contributed by atoms with van der Waals surface area (Å²) in [6, 6.07) is 12.0. The molecule has 29 heavy (non-hydrogen) atoms. The van der Waals surface area contributed by atoms with Crippen molar-refractivity contribution in [3.63, 3.8) is 0 Å². The Labute approximate surface area is 182 Å². The molecule has 1 aliphatic rings. The third kappa shape index (κ3) is 4.53. The van der Waals surface area contributed by atoms with Crippen molar-refractivity contribution in [3.8, 4) is 11.3 Å². The van der Waals surface area contributed by atoms with E-state index in [4.69, 9.17) is 27.6 Å². The Balaban J connectivity index is 1.60. The topological polar surface area (TPSA) is 67.6 Å². The number of halogens is 2. The molecule has 2 aromatic heterocycles.